The molecule has 0 radical (unpaired) electrons. The molecule has 1 aliphatic heterocycles. The Morgan fingerprint density at radius 2 is 2.22 bits per heavy atom. The van der Waals surface area contributed by atoms with Gasteiger partial charge in [-0.2, -0.15) is 5.10 Å². The van der Waals surface area contributed by atoms with Crippen molar-refractivity contribution in [2.75, 3.05) is 11.9 Å². The number of amides is 1. The number of aromatic nitrogens is 2. The molecule has 1 N–H and O–H groups in total. The Kier molecular flexibility index (Phi) is 3.85. The van der Waals surface area contributed by atoms with Gasteiger partial charge in [-0.05, 0) is 25.1 Å². The van der Waals surface area contributed by atoms with Crippen LogP contribution in [-0.4, -0.2) is 22.3 Å². The molecular weight excluding hydrogens is 304 g/mol. The van der Waals surface area contributed by atoms with Crippen LogP contribution in [0.5, 0.6) is 5.75 Å². The van der Waals surface area contributed by atoms with Crippen molar-refractivity contribution < 1.29 is 18.3 Å². The maximum absolute atomic E-state index is 12.9. The van der Waals surface area contributed by atoms with E-state index in [1.165, 1.54) is 17.9 Å². The third-order valence-corrected chi connectivity index (χ3v) is 3.48. The average Bonchev–Trinajstić information content (AvgIpc) is 2.87. The van der Waals surface area contributed by atoms with Gasteiger partial charge in [0, 0.05) is 18.8 Å². The minimum atomic E-state index is -2.76. The number of fused-ring (bicyclic) bond motifs is 1. The third-order valence-electron chi connectivity index (χ3n) is 3.48. The Bertz CT molecular complexity index is 797. The number of ether oxygens (including phenoxy) is 1. The first-order valence-corrected chi connectivity index (χ1v) is 7.01. The van der Waals surface area contributed by atoms with Crippen LogP contribution in [0.3, 0.4) is 0 Å². The van der Waals surface area contributed by atoms with Gasteiger partial charge in [0.1, 0.15) is 12.4 Å². The van der Waals surface area contributed by atoms with Gasteiger partial charge in [-0.25, -0.2) is 8.78 Å². The van der Waals surface area contributed by atoms with Gasteiger partial charge in [0.05, 0.1) is 11.3 Å². The Morgan fingerprint density at radius 1 is 1.43 bits per heavy atom. The van der Waals surface area contributed by atoms with Crippen LogP contribution < -0.4 is 10.1 Å². The van der Waals surface area contributed by atoms with Crippen LogP contribution in [0.25, 0.3) is 6.08 Å². The van der Waals surface area contributed by atoms with Crippen molar-refractivity contribution >= 4 is 17.7 Å². The average molecular weight is 319 g/mol. The topological polar surface area (TPSA) is 56.2 Å². The molecule has 0 saturated carbocycles. The normalized spacial score (nSPS) is 13.3. The van der Waals surface area contributed by atoms with Crippen molar-refractivity contribution in [2.45, 2.75) is 13.3 Å². The summed E-state index contributed by atoms with van der Waals surface area (Å²) in [5, 5.41) is 6.13. The van der Waals surface area contributed by atoms with E-state index in [0.717, 1.165) is 11.1 Å². The van der Waals surface area contributed by atoms with E-state index >= 15 is 0 Å². The van der Waals surface area contributed by atoms with Crippen molar-refractivity contribution in [3.63, 3.8) is 0 Å². The van der Waals surface area contributed by atoms with Crippen LogP contribution in [0.1, 0.15) is 23.2 Å². The largest absolute Gasteiger partial charge is 0.488 e. The molecule has 0 aliphatic carbocycles. The van der Waals surface area contributed by atoms with Gasteiger partial charge in [-0.3, -0.25) is 9.48 Å². The van der Waals surface area contributed by atoms with E-state index in [9.17, 15) is 13.6 Å². The van der Waals surface area contributed by atoms with Gasteiger partial charge in [0.2, 0.25) is 0 Å². The molecule has 0 unspecified atom stereocenters. The van der Waals surface area contributed by atoms with Crippen LogP contribution in [0.2, 0.25) is 0 Å². The molecule has 0 atom stereocenters. The van der Waals surface area contributed by atoms with Crippen LogP contribution >= 0.6 is 0 Å². The number of halogens is 2. The summed E-state index contributed by atoms with van der Waals surface area (Å²) >= 11 is 0. The first-order valence-electron chi connectivity index (χ1n) is 7.01. The summed E-state index contributed by atoms with van der Waals surface area (Å²) in [5.74, 6) is 0.217. The predicted octanol–water partition coefficient (Wildman–Crippen LogP) is 3.08. The van der Waals surface area contributed by atoms with Gasteiger partial charge in [-0.15, -0.1) is 0 Å². The maximum Gasteiger partial charge on any atom is 0.284 e. The minimum absolute atomic E-state index is 0.00318. The molecule has 1 amide bonds. The molecule has 5 nitrogen and oxygen atoms in total. The third kappa shape index (κ3) is 3.08. The molecule has 1 aromatic carbocycles. The lowest BCUT2D eigenvalue weighted by molar-refractivity contribution is -0.113. The highest BCUT2D eigenvalue weighted by Crippen LogP contribution is 2.29. The Morgan fingerprint density at radius 3 is 2.96 bits per heavy atom. The molecular formula is C16H15F2N3O2. The second-order valence-corrected chi connectivity index (χ2v) is 5.36. The lowest BCUT2D eigenvalue weighted by Crippen LogP contribution is -2.21. The number of hydrogen-bond donors (Lipinski definition) is 1. The van der Waals surface area contributed by atoms with Crippen LogP contribution in [0.15, 0.2) is 30.0 Å². The molecule has 1 aliphatic rings. The number of nitrogens with zero attached hydrogens (tertiary/aromatic N) is 2. The molecule has 2 heterocycles. The van der Waals surface area contributed by atoms with Gasteiger partial charge in [0.15, 0.2) is 5.69 Å². The molecule has 23 heavy (non-hydrogen) atoms. The number of carbonyl (C=O) groups excluding carboxylic acids is 1. The van der Waals surface area contributed by atoms with E-state index in [0.29, 0.717) is 11.3 Å². The van der Waals surface area contributed by atoms with Gasteiger partial charge in [-0.1, -0.05) is 11.6 Å². The number of benzene rings is 1. The molecule has 7 heteroatoms. The van der Waals surface area contributed by atoms with E-state index < -0.39 is 18.0 Å². The Labute approximate surface area is 131 Å². The van der Waals surface area contributed by atoms with E-state index in [1.807, 2.05) is 25.1 Å². The summed E-state index contributed by atoms with van der Waals surface area (Å²) in [6.45, 7) is 2.03. The summed E-state index contributed by atoms with van der Waals surface area (Å²) in [7, 11) is 1.52. The molecule has 1 aromatic heterocycles. The fourth-order valence-electron chi connectivity index (χ4n) is 2.39. The van der Waals surface area contributed by atoms with Crippen molar-refractivity contribution in [1.29, 1.82) is 0 Å². The Hall–Kier alpha value is -2.70. The van der Waals surface area contributed by atoms with E-state index in [1.54, 1.807) is 6.08 Å². The minimum Gasteiger partial charge on any atom is -0.488 e. The fraction of sp³-hybridized carbons (Fsp3) is 0.250. The summed E-state index contributed by atoms with van der Waals surface area (Å²) in [6.07, 6.45) is 0.299. The summed E-state index contributed by atoms with van der Waals surface area (Å²) in [4.78, 5) is 12.3. The lowest BCUT2D eigenvalue weighted by atomic mass is 10.0. The summed E-state index contributed by atoms with van der Waals surface area (Å²) < 4.78 is 32.6. The molecule has 0 bridgehead atoms. The fourth-order valence-corrected chi connectivity index (χ4v) is 2.39. The molecule has 2 aromatic rings. The highest BCUT2D eigenvalue weighted by Gasteiger charge is 2.22. The number of alkyl halides is 2. The maximum atomic E-state index is 12.9. The van der Waals surface area contributed by atoms with Crippen molar-refractivity contribution in [3.05, 3.63) is 46.8 Å². The van der Waals surface area contributed by atoms with Crippen molar-refractivity contribution in [2.24, 2.45) is 7.05 Å². The van der Waals surface area contributed by atoms with Crippen LogP contribution in [0, 0.1) is 6.92 Å². The first kappa shape index (κ1) is 15.2. The molecule has 0 fully saturated rings. The van der Waals surface area contributed by atoms with E-state index in [-0.39, 0.29) is 12.3 Å². The zero-order chi connectivity index (χ0) is 16.6. The number of aryl methyl sites for hydroxylation is 2. The summed E-state index contributed by atoms with van der Waals surface area (Å²) in [6, 6.07) is 5.66. The quantitative estimate of drug-likeness (QED) is 0.946. The van der Waals surface area contributed by atoms with Gasteiger partial charge < -0.3 is 10.1 Å². The van der Waals surface area contributed by atoms with Crippen LogP contribution in [-0.2, 0) is 11.8 Å². The highest BCUT2D eigenvalue weighted by molar-refractivity contribution is 6.07. The number of anilines is 1. The molecule has 0 spiro atoms. The van der Waals surface area contributed by atoms with Gasteiger partial charge in [0.25, 0.3) is 12.3 Å². The predicted molar refractivity (Wildman–Crippen MR) is 81.4 cm³/mol. The standard InChI is InChI=1S/C16H15F2N3O2/c1-9-3-4-13-10(5-9)6-11(8-23-13)16(22)19-12-7-21(2)20-14(12)15(17)18/h3-7,15H,8H2,1-2H3,(H,19,22). The number of hydrogen-bond acceptors (Lipinski definition) is 3. The Balaban J connectivity index is 1.85. The highest BCUT2D eigenvalue weighted by atomic mass is 19.3. The summed E-state index contributed by atoms with van der Waals surface area (Å²) in [5.41, 5.74) is 1.75. The second-order valence-electron chi connectivity index (χ2n) is 5.36. The zero-order valence-corrected chi connectivity index (χ0v) is 12.6. The zero-order valence-electron chi connectivity index (χ0n) is 12.6. The SMILES string of the molecule is Cc1ccc2c(c1)C=C(C(=O)Nc1cn(C)nc1C(F)F)CO2. The molecule has 120 valence electrons. The first-order chi connectivity index (χ1) is 10.9. The smallest absolute Gasteiger partial charge is 0.284 e. The van der Waals surface area contributed by atoms with E-state index in [2.05, 4.69) is 10.4 Å². The van der Waals surface area contributed by atoms with Crippen molar-refractivity contribution in [3.8, 4) is 5.75 Å². The van der Waals surface area contributed by atoms with E-state index in [4.69, 9.17) is 4.74 Å². The molecule has 0 saturated heterocycles. The second kappa shape index (κ2) is 5.83. The van der Waals surface area contributed by atoms with Crippen LogP contribution in [0.4, 0.5) is 14.5 Å². The number of rotatable bonds is 3. The number of carbonyl (C=O) groups is 1. The monoisotopic (exact) mass is 319 g/mol. The molecule has 3 rings (SSSR count). The lowest BCUT2D eigenvalue weighted by Gasteiger charge is -2.18. The number of nitrogens with one attached hydrogen (secondary N) is 1. The van der Waals surface area contributed by atoms with Gasteiger partial charge >= 0.3 is 0 Å². The van der Waals surface area contributed by atoms with Crippen molar-refractivity contribution in [1.82, 2.24) is 9.78 Å².